The number of fused-ring (bicyclic) bond motifs is 1. The highest BCUT2D eigenvalue weighted by Crippen LogP contribution is 2.23. The van der Waals surface area contributed by atoms with Gasteiger partial charge < -0.3 is 9.13 Å². The average Bonchev–Trinajstić information content (AvgIpc) is 2.69. The maximum absolute atomic E-state index is 13.0. The summed E-state index contributed by atoms with van der Waals surface area (Å²) in [5.41, 5.74) is 2.93. The van der Waals surface area contributed by atoms with Gasteiger partial charge in [-0.2, -0.15) is 0 Å². The van der Waals surface area contributed by atoms with Crippen LogP contribution < -0.4 is 11.1 Å². The first-order chi connectivity index (χ1) is 12.6. The van der Waals surface area contributed by atoms with Gasteiger partial charge in [-0.15, -0.1) is 0 Å². The fourth-order valence-corrected chi connectivity index (χ4v) is 3.33. The molecule has 0 aliphatic rings. The lowest BCUT2D eigenvalue weighted by molar-refractivity contribution is 0.864. The molecule has 26 heavy (non-hydrogen) atoms. The Morgan fingerprint density at radius 1 is 0.577 bits per heavy atom. The average molecular weight is 342 g/mol. The normalized spacial score (nSPS) is 11.0. The summed E-state index contributed by atoms with van der Waals surface area (Å²) in [7, 11) is 3.48. The summed E-state index contributed by atoms with van der Waals surface area (Å²) in [6, 6.07) is 22.9. The van der Waals surface area contributed by atoms with Gasteiger partial charge in [-0.05, 0) is 23.3 Å². The van der Waals surface area contributed by atoms with Crippen LogP contribution in [0.1, 0.15) is 0 Å². The van der Waals surface area contributed by atoms with Gasteiger partial charge in [-0.1, -0.05) is 60.7 Å². The lowest BCUT2D eigenvalue weighted by atomic mass is 10.0. The zero-order valence-electron chi connectivity index (χ0n) is 14.6. The van der Waals surface area contributed by atoms with Gasteiger partial charge in [0.05, 0.1) is 22.2 Å². The minimum absolute atomic E-state index is 0.170. The first-order valence-electron chi connectivity index (χ1n) is 8.42. The summed E-state index contributed by atoms with van der Waals surface area (Å²) in [4.78, 5) is 26.0. The van der Waals surface area contributed by atoms with Gasteiger partial charge in [0, 0.05) is 14.1 Å². The number of nitrogens with zero attached hydrogens (tertiary/aromatic N) is 2. The number of hydrogen-bond acceptors (Lipinski definition) is 2. The van der Waals surface area contributed by atoms with Crippen LogP contribution in [0.3, 0.4) is 0 Å². The lowest BCUT2D eigenvalue weighted by Gasteiger charge is -2.14. The number of benzene rings is 2. The van der Waals surface area contributed by atoms with Crippen molar-refractivity contribution >= 4 is 10.8 Å². The molecule has 4 rings (SSSR count). The van der Waals surface area contributed by atoms with E-state index in [0.717, 1.165) is 22.5 Å². The van der Waals surface area contributed by atoms with Gasteiger partial charge in [0.1, 0.15) is 0 Å². The molecule has 0 spiro atoms. The van der Waals surface area contributed by atoms with Gasteiger partial charge in [0.2, 0.25) is 0 Å². The fraction of sp³-hybridized carbons (Fsp3) is 0.0909. The van der Waals surface area contributed by atoms with Crippen LogP contribution in [0.15, 0.2) is 82.4 Å². The molecule has 0 unspecified atom stereocenters. The molecule has 0 aliphatic heterocycles. The van der Waals surface area contributed by atoms with E-state index < -0.39 is 0 Å². The van der Waals surface area contributed by atoms with Crippen molar-refractivity contribution in [2.24, 2.45) is 14.1 Å². The molecule has 0 bridgehead atoms. The largest absolute Gasteiger partial charge is 0.311 e. The molecule has 0 amide bonds. The molecular formula is C22H18N2O2. The Kier molecular flexibility index (Phi) is 3.81. The van der Waals surface area contributed by atoms with E-state index in [1.807, 2.05) is 72.8 Å². The van der Waals surface area contributed by atoms with E-state index in [2.05, 4.69) is 0 Å². The smallest absolute Gasteiger partial charge is 0.258 e. The Balaban J connectivity index is 2.08. The Labute approximate surface area is 150 Å². The van der Waals surface area contributed by atoms with Crippen molar-refractivity contribution in [3.05, 3.63) is 93.5 Å². The second-order valence-electron chi connectivity index (χ2n) is 6.35. The zero-order chi connectivity index (χ0) is 18.3. The zero-order valence-corrected chi connectivity index (χ0v) is 14.6. The summed E-state index contributed by atoms with van der Waals surface area (Å²) in [6.45, 7) is 0. The molecule has 2 heterocycles. The van der Waals surface area contributed by atoms with E-state index in [1.54, 1.807) is 23.2 Å². The molecule has 0 radical (unpaired) electrons. The molecular weight excluding hydrogens is 324 g/mol. The molecule has 0 saturated carbocycles. The van der Waals surface area contributed by atoms with Crippen LogP contribution >= 0.6 is 0 Å². The summed E-state index contributed by atoms with van der Waals surface area (Å²) >= 11 is 0. The van der Waals surface area contributed by atoms with Crippen LogP contribution in [-0.4, -0.2) is 9.13 Å². The number of rotatable bonds is 2. The second-order valence-corrected chi connectivity index (χ2v) is 6.35. The predicted octanol–water partition coefficient (Wildman–Crippen LogP) is 3.57. The van der Waals surface area contributed by atoms with Crippen LogP contribution in [0.25, 0.3) is 33.3 Å². The molecule has 4 aromatic rings. The summed E-state index contributed by atoms with van der Waals surface area (Å²) in [5, 5.41) is 0.878. The topological polar surface area (TPSA) is 44.0 Å². The van der Waals surface area contributed by atoms with Crippen LogP contribution in [0.5, 0.6) is 0 Å². The third-order valence-corrected chi connectivity index (χ3v) is 4.78. The molecule has 0 atom stereocenters. The second kappa shape index (κ2) is 6.15. The van der Waals surface area contributed by atoms with Gasteiger partial charge in [-0.25, -0.2) is 0 Å². The third-order valence-electron chi connectivity index (χ3n) is 4.78. The minimum atomic E-state index is -0.170. The van der Waals surface area contributed by atoms with Crippen molar-refractivity contribution in [2.45, 2.75) is 0 Å². The third kappa shape index (κ3) is 2.47. The van der Waals surface area contributed by atoms with Gasteiger partial charge in [0.25, 0.3) is 11.1 Å². The van der Waals surface area contributed by atoms with E-state index >= 15 is 0 Å². The molecule has 2 aromatic carbocycles. The van der Waals surface area contributed by atoms with Crippen LogP contribution in [-0.2, 0) is 14.1 Å². The number of aromatic nitrogens is 2. The summed E-state index contributed by atoms with van der Waals surface area (Å²) in [6.07, 6.45) is 0. The van der Waals surface area contributed by atoms with Crippen molar-refractivity contribution < 1.29 is 0 Å². The van der Waals surface area contributed by atoms with E-state index in [1.165, 1.54) is 0 Å². The maximum Gasteiger partial charge on any atom is 0.258 e. The highest BCUT2D eigenvalue weighted by Gasteiger charge is 2.14. The molecule has 0 aliphatic carbocycles. The predicted molar refractivity (Wildman–Crippen MR) is 105 cm³/mol. The Bertz CT molecular complexity index is 1120. The minimum Gasteiger partial charge on any atom is -0.311 e. The number of pyridine rings is 2. The Morgan fingerprint density at radius 2 is 0.923 bits per heavy atom. The quantitative estimate of drug-likeness (QED) is 0.559. The van der Waals surface area contributed by atoms with Crippen molar-refractivity contribution in [2.75, 3.05) is 0 Å². The van der Waals surface area contributed by atoms with E-state index in [0.29, 0.717) is 10.8 Å². The Hall–Kier alpha value is -3.40. The first kappa shape index (κ1) is 16.1. The lowest BCUT2D eigenvalue weighted by Crippen LogP contribution is -2.25. The van der Waals surface area contributed by atoms with Crippen molar-refractivity contribution in [1.82, 2.24) is 9.13 Å². The Morgan fingerprint density at radius 3 is 1.27 bits per heavy atom. The highest BCUT2D eigenvalue weighted by atomic mass is 16.1. The van der Waals surface area contributed by atoms with Gasteiger partial charge in [0.15, 0.2) is 0 Å². The first-order valence-corrected chi connectivity index (χ1v) is 8.42. The SMILES string of the molecule is Cn1c(-c2ccccc2)cc2c(=O)n(C)c(-c3ccccc3)cc2c1=O. The summed E-state index contributed by atoms with van der Waals surface area (Å²) < 4.78 is 3.21. The highest BCUT2D eigenvalue weighted by molar-refractivity contribution is 5.87. The van der Waals surface area contributed by atoms with E-state index in [9.17, 15) is 9.59 Å². The monoisotopic (exact) mass is 342 g/mol. The fourth-order valence-electron chi connectivity index (χ4n) is 3.33. The molecule has 0 saturated heterocycles. The van der Waals surface area contributed by atoms with E-state index in [-0.39, 0.29) is 11.1 Å². The molecule has 128 valence electrons. The van der Waals surface area contributed by atoms with Crippen molar-refractivity contribution in [1.29, 1.82) is 0 Å². The summed E-state index contributed by atoms with van der Waals surface area (Å²) in [5.74, 6) is 0. The molecule has 4 nitrogen and oxygen atoms in total. The van der Waals surface area contributed by atoms with Crippen LogP contribution in [0.2, 0.25) is 0 Å². The van der Waals surface area contributed by atoms with Crippen LogP contribution in [0.4, 0.5) is 0 Å². The van der Waals surface area contributed by atoms with Crippen molar-refractivity contribution in [3.63, 3.8) is 0 Å². The van der Waals surface area contributed by atoms with Crippen LogP contribution in [0, 0.1) is 0 Å². The van der Waals surface area contributed by atoms with Gasteiger partial charge >= 0.3 is 0 Å². The van der Waals surface area contributed by atoms with Crippen molar-refractivity contribution in [3.8, 4) is 22.5 Å². The maximum atomic E-state index is 13.0. The molecule has 0 N–H and O–H groups in total. The molecule has 2 aromatic heterocycles. The molecule has 0 fully saturated rings. The number of hydrogen-bond donors (Lipinski definition) is 0. The van der Waals surface area contributed by atoms with E-state index in [4.69, 9.17) is 0 Å². The van der Waals surface area contributed by atoms with Gasteiger partial charge in [-0.3, -0.25) is 9.59 Å². The molecule has 4 heteroatoms. The standard InChI is InChI=1S/C22H18N2O2/c1-23-19(15-9-5-3-6-10-15)13-18-17(21(23)25)14-20(24(2)22(18)26)16-11-7-4-8-12-16/h3-14H,1-2H3.